The lowest BCUT2D eigenvalue weighted by Crippen LogP contribution is -2.64. The average molecular weight is 557 g/mol. The Balaban J connectivity index is 1.97. The summed E-state index contributed by atoms with van der Waals surface area (Å²) in [6, 6.07) is 0.500. The lowest BCUT2D eigenvalue weighted by Gasteiger charge is -2.55. The van der Waals surface area contributed by atoms with Gasteiger partial charge in [0.1, 0.15) is 0 Å². The van der Waals surface area contributed by atoms with E-state index < -0.39 is 0 Å². The van der Waals surface area contributed by atoms with Gasteiger partial charge in [0.2, 0.25) is 17.8 Å². The number of nitrogens with one attached hydrogen (secondary N) is 3. The molecule has 3 heterocycles. The van der Waals surface area contributed by atoms with Crippen LogP contribution in [0.2, 0.25) is 0 Å². The largest absolute Gasteiger partial charge is 0.351 e. The molecule has 3 rings (SSSR count). The number of hydroxylamine groups is 2. The van der Waals surface area contributed by atoms with Gasteiger partial charge in [-0.3, -0.25) is 4.84 Å². The molecule has 0 aromatic carbocycles. The summed E-state index contributed by atoms with van der Waals surface area (Å²) < 4.78 is 0. The molecule has 9 nitrogen and oxygen atoms in total. The van der Waals surface area contributed by atoms with Crippen molar-refractivity contribution in [1.29, 1.82) is 0 Å². The van der Waals surface area contributed by atoms with Crippen LogP contribution in [0.15, 0.2) is 25.3 Å². The molecule has 2 aliphatic rings. The summed E-state index contributed by atoms with van der Waals surface area (Å²) in [5, 5.41) is 13.0. The maximum atomic E-state index is 6.20. The number of aromatic nitrogens is 3. The van der Waals surface area contributed by atoms with Gasteiger partial charge in [-0.1, -0.05) is 25.5 Å². The monoisotopic (exact) mass is 556 g/mol. The molecule has 226 valence electrons. The van der Waals surface area contributed by atoms with E-state index in [4.69, 9.17) is 19.8 Å². The molecule has 0 amide bonds. The minimum Gasteiger partial charge on any atom is -0.351 e. The number of piperidine rings is 2. The summed E-state index contributed by atoms with van der Waals surface area (Å²) in [4.78, 5) is 23.4. The van der Waals surface area contributed by atoms with Gasteiger partial charge in [0.05, 0.1) is 6.61 Å². The highest BCUT2D eigenvalue weighted by molar-refractivity contribution is 5.46. The zero-order valence-corrected chi connectivity index (χ0v) is 26.7. The van der Waals surface area contributed by atoms with Crippen molar-refractivity contribution < 1.29 is 4.84 Å². The zero-order chi connectivity index (χ0) is 29.8. The molecule has 2 fully saturated rings. The summed E-state index contributed by atoms with van der Waals surface area (Å²) >= 11 is 0. The van der Waals surface area contributed by atoms with E-state index in [-0.39, 0.29) is 34.2 Å². The smallest absolute Gasteiger partial charge is 0.232 e. The number of anilines is 3. The first-order chi connectivity index (χ1) is 18.6. The second-order valence-corrected chi connectivity index (χ2v) is 14.2. The zero-order valence-electron chi connectivity index (χ0n) is 26.7. The van der Waals surface area contributed by atoms with Crippen molar-refractivity contribution in [3.63, 3.8) is 0 Å². The van der Waals surface area contributed by atoms with E-state index in [1.165, 1.54) is 0 Å². The Morgan fingerprint density at radius 3 is 2.08 bits per heavy atom. The number of unbranched alkanes of at least 4 members (excludes halogenated alkanes) is 1. The Labute approximate surface area is 243 Å². The van der Waals surface area contributed by atoms with Crippen molar-refractivity contribution in [3.8, 4) is 0 Å². The van der Waals surface area contributed by atoms with Crippen LogP contribution in [0, 0.1) is 0 Å². The Hall–Kier alpha value is -2.23. The third-order valence-electron chi connectivity index (χ3n) is 7.89. The summed E-state index contributed by atoms with van der Waals surface area (Å²) in [7, 11) is 0. The van der Waals surface area contributed by atoms with Crippen LogP contribution >= 0.6 is 0 Å². The van der Waals surface area contributed by atoms with Crippen LogP contribution in [0.25, 0.3) is 0 Å². The van der Waals surface area contributed by atoms with Gasteiger partial charge in [-0.15, -0.1) is 13.2 Å². The molecule has 0 radical (unpaired) electrons. The van der Waals surface area contributed by atoms with E-state index in [1.807, 2.05) is 12.2 Å². The molecule has 0 aliphatic carbocycles. The molecule has 0 unspecified atom stereocenters. The minimum atomic E-state index is -0.176. The number of nitrogens with zero attached hydrogens (tertiary/aromatic N) is 5. The van der Waals surface area contributed by atoms with E-state index >= 15 is 0 Å². The van der Waals surface area contributed by atoms with Crippen molar-refractivity contribution in [2.75, 3.05) is 35.2 Å². The van der Waals surface area contributed by atoms with Crippen LogP contribution in [0.3, 0.4) is 0 Å². The highest BCUT2D eigenvalue weighted by Crippen LogP contribution is 2.41. The number of rotatable bonds is 13. The molecule has 2 saturated heterocycles. The van der Waals surface area contributed by atoms with Crippen LogP contribution in [-0.2, 0) is 4.84 Å². The predicted octanol–water partition coefficient (Wildman–Crippen LogP) is 5.94. The highest BCUT2D eigenvalue weighted by Gasteiger charge is 2.48. The van der Waals surface area contributed by atoms with Crippen molar-refractivity contribution in [2.24, 2.45) is 0 Å². The van der Waals surface area contributed by atoms with Crippen molar-refractivity contribution in [2.45, 2.75) is 135 Å². The van der Waals surface area contributed by atoms with Crippen molar-refractivity contribution >= 4 is 17.8 Å². The molecule has 0 spiro atoms. The third kappa shape index (κ3) is 8.40. The van der Waals surface area contributed by atoms with Gasteiger partial charge < -0.3 is 20.9 Å². The Kier molecular flexibility index (Phi) is 10.3. The first-order valence-corrected chi connectivity index (χ1v) is 15.1. The molecule has 0 atom stereocenters. The van der Waals surface area contributed by atoms with Crippen LogP contribution in [-0.4, -0.2) is 74.0 Å². The second-order valence-electron chi connectivity index (χ2n) is 14.2. The fourth-order valence-corrected chi connectivity index (χ4v) is 7.09. The maximum absolute atomic E-state index is 6.20. The van der Waals surface area contributed by atoms with Gasteiger partial charge in [-0.05, 0) is 87.5 Å². The molecule has 1 aromatic heterocycles. The number of hydrogen-bond donors (Lipinski definition) is 3. The second kappa shape index (κ2) is 12.7. The summed E-state index contributed by atoms with van der Waals surface area (Å²) in [6.07, 6.45) is 9.63. The van der Waals surface area contributed by atoms with E-state index in [2.05, 4.69) is 101 Å². The van der Waals surface area contributed by atoms with Gasteiger partial charge in [-0.25, -0.2) is 0 Å². The maximum Gasteiger partial charge on any atom is 0.232 e. The fourth-order valence-electron chi connectivity index (χ4n) is 7.09. The SMILES string of the molecule is C=CCNc1nc(NC2CC(C)(C)NC(C)(C)C2)nc(N(CCCC)C2CC(C)(C)N(OCC=C)C(C)(C)C2)n1. The van der Waals surface area contributed by atoms with Crippen molar-refractivity contribution in [1.82, 2.24) is 25.3 Å². The Morgan fingerprint density at radius 2 is 1.52 bits per heavy atom. The van der Waals surface area contributed by atoms with Gasteiger partial charge in [0, 0.05) is 47.3 Å². The molecule has 0 saturated carbocycles. The average Bonchev–Trinajstić information content (AvgIpc) is 2.79. The first-order valence-electron chi connectivity index (χ1n) is 15.1. The first kappa shape index (κ1) is 32.3. The van der Waals surface area contributed by atoms with Crippen LogP contribution in [0.4, 0.5) is 17.8 Å². The standard InChI is InChI=1S/C31H56N8O/c1-12-15-17-38(24-21-30(8,9)39(40-18-14-3)31(10,11)22-24)27-35-25(32-16-13-2)34-26(36-27)33-23-19-28(4,5)37-29(6,7)20-23/h13-14,23-24,37H,2-3,12,15-22H2,1,4-11H3,(H2,32,33,34,35,36). The number of hydrogen-bond acceptors (Lipinski definition) is 9. The summed E-state index contributed by atoms with van der Waals surface area (Å²) in [6.45, 7) is 30.0. The molecule has 2 aliphatic heterocycles. The van der Waals surface area contributed by atoms with Gasteiger partial charge in [0.25, 0.3) is 0 Å². The lowest BCUT2D eigenvalue weighted by molar-refractivity contribution is -0.276. The highest BCUT2D eigenvalue weighted by atomic mass is 16.7. The molecular weight excluding hydrogens is 500 g/mol. The normalized spacial score (nSPS) is 22.4. The third-order valence-corrected chi connectivity index (χ3v) is 7.89. The molecular formula is C31H56N8O. The molecule has 1 aromatic rings. The summed E-state index contributed by atoms with van der Waals surface area (Å²) in [5.41, 5.74) is -0.315. The summed E-state index contributed by atoms with van der Waals surface area (Å²) in [5.74, 6) is 1.93. The molecule has 3 N–H and O–H groups in total. The Morgan fingerprint density at radius 1 is 0.925 bits per heavy atom. The molecule has 0 bridgehead atoms. The topological polar surface area (TPSA) is 90.5 Å². The minimum absolute atomic E-state index is 0.0190. The van der Waals surface area contributed by atoms with E-state index in [9.17, 15) is 0 Å². The predicted molar refractivity (Wildman–Crippen MR) is 168 cm³/mol. The molecule has 40 heavy (non-hydrogen) atoms. The van der Waals surface area contributed by atoms with Crippen LogP contribution < -0.4 is 20.9 Å². The van der Waals surface area contributed by atoms with E-state index in [1.54, 1.807) is 0 Å². The van der Waals surface area contributed by atoms with Gasteiger partial charge in [-0.2, -0.15) is 20.0 Å². The Bertz CT molecular complexity index is 971. The van der Waals surface area contributed by atoms with Gasteiger partial charge >= 0.3 is 0 Å². The quantitative estimate of drug-likeness (QED) is 0.256. The van der Waals surface area contributed by atoms with Crippen molar-refractivity contribution in [3.05, 3.63) is 25.3 Å². The lowest BCUT2D eigenvalue weighted by atomic mass is 9.78. The van der Waals surface area contributed by atoms with Gasteiger partial charge in [0.15, 0.2) is 0 Å². The van der Waals surface area contributed by atoms with E-state index in [0.717, 1.165) is 51.0 Å². The van der Waals surface area contributed by atoms with Crippen LogP contribution in [0.1, 0.15) is 101 Å². The fraction of sp³-hybridized carbons (Fsp3) is 0.774. The molecule has 9 heteroatoms. The van der Waals surface area contributed by atoms with Crippen LogP contribution in [0.5, 0.6) is 0 Å². The van der Waals surface area contributed by atoms with E-state index in [0.29, 0.717) is 25.0 Å².